The fourth-order valence-corrected chi connectivity index (χ4v) is 2.70. The Kier molecular flexibility index (Phi) is 4.25. The van der Waals surface area contributed by atoms with Gasteiger partial charge in [0.25, 0.3) is 0 Å². The van der Waals surface area contributed by atoms with Crippen LogP contribution < -0.4 is 11.1 Å². The first-order chi connectivity index (χ1) is 9.04. The number of hydrogen-bond donors (Lipinski definition) is 2. The van der Waals surface area contributed by atoms with Crippen LogP contribution in [-0.2, 0) is 4.79 Å². The third-order valence-electron chi connectivity index (χ3n) is 4.34. The predicted molar refractivity (Wildman–Crippen MR) is 77.7 cm³/mol. The highest BCUT2D eigenvalue weighted by atomic mass is 16.1. The third-order valence-corrected chi connectivity index (χ3v) is 4.34. The van der Waals surface area contributed by atoms with Gasteiger partial charge in [-0.25, -0.2) is 0 Å². The predicted octanol–water partition coefficient (Wildman–Crippen LogP) is 2.69. The molecule has 3 nitrogen and oxygen atoms in total. The summed E-state index contributed by atoms with van der Waals surface area (Å²) < 4.78 is 0. The molecule has 1 amide bonds. The molecule has 0 aromatic heterocycles. The van der Waals surface area contributed by atoms with E-state index < -0.39 is 0 Å². The molecule has 0 spiro atoms. The molecular formula is C16H24N2O. The summed E-state index contributed by atoms with van der Waals surface area (Å²) in [5.74, 6) is 0.123. The van der Waals surface area contributed by atoms with Crippen molar-refractivity contribution in [2.75, 3.05) is 6.54 Å². The zero-order valence-corrected chi connectivity index (χ0v) is 11.9. The van der Waals surface area contributed by atoms with Gasteiger partial charge in [0.15, 0.2) is 0 Å². The van der Waals surface area contributed by atoms with Crippen LogP contribution in [0.4, 0.5) is 0 Å². The minimum absolute atomic E-state index is 0.0583. The number of nitrogens with one attached hydrogen (secondary N) is 1. The van der Waals surface area contributed by atoms with Crippen LogP contribution in [-0.4, -0.2) is 12.5 Å². The zero-order chi connectivity index (χ0) is 13.9. The Hall–Kier alpha value is -1.35. The maximum Gasteiger partial charge on any atom is 0.221 e. The highest BCUT2D eigenvalue weighted by molar-refractivity contribution is 5.77. The molecule has 0 bridgehead atoms. The Morgan fingerprint density at radius 1 is 1.37 bits per heavy atom. The summed E-state index contributed by atoms with van der Waals surface area (Å²) in [6, 6.07) is 8.35. The molecule has 0 radical (unpaired) electrons. The van der Waals surface area contributed by atoms with Gasteiger partial charge in [-0.2, -0.15) is 0 Å². The third kappa shape index (κ3) is 3.35. The number of carbonyl (C=O) groups excluding carboxylic acids is 1. The number of rotatable bonds is 5. The minimum Gasteiger partial charge on any atom is -0.350 e. The highest BCUT2D eigenvalue weighted by Crippen LogP contribution is 2.42. The van der Waals surface area contributed by atoms with Gasteiger partial charge in [-0.05, 0) is 44.2 Å². The molecule has 2 rings (SSSR count). The summed E-state index contributed by atoms with van der Waals surface area (Å²) >= 11 is 0. The number of aryl methyl sites for hydroxylation is 1. The number of nitrogens with two attached hydrogens (primary N) is 1. The van der Waals surface area contributed by atoms with Crippen molar-refractivity contribution in [2.24, 2.45) is 11.1 Å². The number of carbonyl (C=O) groups is 1. The molecule has 0 heterocycles. The van der Waals surface area contributed by atoms with E-state index >= 15 is 0 Å². The lowest BCUT2D eigenvalue weighted by Crippen LogP contribution is -2.42. The van der Waals surface area contributed by atoms with Crippen molar-refractivity contribution < 1.29 is 4.79 Å². The molecule has 1 fully saturated rings. The van der Waals surface area contributed by atoms with Crippen LogP contribution in [0.3, 0.4) is 0 Å². The van der Waals surface area contributed by atoms with Gasteiger partial charge in [0.05, 0.1) is 6.04 Å². The van der Waals surface area contributed by atoms with E-state index in [1.54, 1.807) is 0 Å². The van der Waals surface area contributed by atoms with E-state index in [-0.39, 0.29) is 17.4 Å². The summed E-state index contributed by atoms with van der Waals surface area (Å²) in [6.45, 7) is 4.71. The number of benzene rings is 1. The number of amides is 1. The van der Waals surface area contributed by atoms with Crippen LogP contribution >= 0.6 is 0 Å². The van der Waals surface area contributed by atoms with Crippen molar-refractivity contribution in [1.29, 1.82) is 0 Å². The van der Waals surface area contributed by atoms with E-state index in [1.807, 2.05) is 6.92 Å². The lowest BCUT2D eigenvalue weighted by Gasteiger charge is -2.40. The van der Waals surface area contributed by atoms with Gasteiger partial charge in [-0.15, -0.1) is 0 Å². The molecule has 104 valence electrons. The lowest BCUT2D eigenvalue weighted by atomic mass is 9.66. The second kappa shape index (κ2) is 5.74. The van der Waals surface area contributed by atoms with Gasteiger partial charge in [-0.1, -0.05) is 36.2 Å². The second-order valence-electron chi connectivity index (χ2n) is 5.93. The van der Waals surface area contributed by atoms with Gasteiger partial charge in [0.1, 0.15) is 0 Å². The average Bonchev–Trinajstić information content (AvgIpc) is 2.34. The van der Waals surface area contributed by atoms with Crippen molar-refractivity contribution in [2.45, 2.75) is 45.6 Å². The molecule has 1 saturated carbocycles. The monoisotopic (exact) mass is 260 g/mol. The minimum atomic E-state index is 0.0583. The molecular weight excluding hydrogens is 236 g/mol. The summed E-state index contributed by atoms with van der Waals surface area (Å²) in [5.41, 5.74) is 8.26. The van der Waals surface area contributed by atoms with Crippen molar-refractivity contribution in [1.82, 2.24) is 5.32 Å². The van der Waals surface area contributed by atoms with Gasteiger partial charge in [-0.3, -0.25) is 4.79 Å². The lowest BCUT2D eigenvalue weighted by molar-refractivity contribution is -0.125. The van der Waals surface area contributed by atoms with E-state index in [1.165, 1.54) is 12.0 Å². The maximum atomic E-state index is 12.1. The molecule has 1 aromatic rings. The van der Waals surface area contributed by atoms with Gasteiger partial charge < -0.3 is 11.1 Å². The summed E-state index contributed by atoms with van der Waals surface area (Å²) in [4.78, 5) is 12.1. The van der Waals surface area contributed by atoms with Crippen LogP contribution in [0.25, 0.3) is 0 Å². The van der Waals surface area contributed by atoms with Crippen LogP contribution in [0, 0.1) is 12.3 Å². The molecule has 19 heavy (non-hydrogen) atoms. The molecule has 0 saturated heterocycles. The second-order valence-corrected chi connectivity index (χ2v) is 5.93. The van der Waals surface area contributed by atoms with Gasteiger partial charge in [0.2, 0.25) is 5.91 Å². The van der Waals surface area contributed by atoms with Crippen molar-refractivity contribution in [3.8, 4) is 0 Å². The Morgan fingerprint density at radius 3 is 2.47 bits per heavy atom. The number of hydrogen-bond acceptors (Lipinski definition) is 2. The Balaban J connectivity index is 1.89. The van der Waals surface area contributed by atoms with E-state index in [4.69, 9.17) is 5.73 Å². The SMILES string of the molecule is Cc1ccc([C@H](C)NC(=O)CC2(CN)CCC2)cc1. The fraction of sp³-hybridized carbons (Fsp3) is 0.562. The van der Waals surface area contributed by atoms with Crippen molar-refractivity contribution in [3.63, 3.8) is 0 Å². The largest absolute Gasteiger partial charge is 0.350 e. The molecule has 0 aliphatic heterocycles. The van der Waals surface area contributed by atoms with Gasteiger partial charge >= 0.3 is 0 Å². The molecule has 1 aliphatic rings. The van der Waals surface area contributed by atoms with Gasteiger partial charge in [0, 0.05) is 6.42 Å². The first-order valence-electron chi connectivity index (χ1n) is 7.11. The smallest absolute Gasteiger partial charge is 0.221 e. The van der Waals surface area contributed by atoms with E-state index in [0.29, 0.717) is 13.0 Å². The average molecular weight is 260 g/mol. The zero-order valence-electron chi connectivity index (χ0n) is 11.9. The van der Waals surface area contributed by atoms with E-state index in [2.05, 4.69) is 36.5 Å². The molecule has 0 unspecified atom stereocenters. The molecule has 1 aromatic carbocycles. The topological polar surface area (TPSA) is 55.1 Å². The first kappa shape index (κ1) is 14.1. The van der Waals surface area contributed by atoms with Crippen LogP contribution in [0.1, 0.15) is 49.8 Å². The highest BCUT2D eigenvalue weighted by Gasteiger charge is 2.37. The molecule has 3 N–H and O–H groups in total. The molecule has 1 atom stereocenters. The van der Waals surface area contributed by atoms with Crippen LogP contribution in [0.5, 0.6) is 0 Å². The van der Waals surface area contributed by atoms with E-state index in [9.17, 15) is 4.79 Å². The Bertz CT molecular complexity index is 429. The normalized spacial score (nSPS) is 18.5. The van der Waals surface area contributed by atoms with Crippen molar-refractivity contribution >= 4 is 5.91 Å². The first-order valence-corrected chi connectivity index (χ1v) is 7.11. The maximum absolute atomic E-state index is 12.1. The van der Waals surface area contributed by atoms with E-state index in [0.717, 1.165) is 18.4 Å². The molecule has 1 aliphatic carbocycles. The quantitative estimate of drug-likeness (QED) is 0.855. The van der Waals surface area contributed by atoms with Crippen LogP contribution in [0.15, 0.2) is 24.3 Å². The Morgan fingerprint density at radius 2 is 2.00 bits per heavy atom. The summed E-state index contributed by atoms with van der Waals surface area (Å²) in [6.07, 6.45) is 3.96. The molecule has 3 heteroatoms. The van der Waals surface area contributed by atoms with Crippen LogP contribution in [0.2, 0.25) is 0 Å². The Labute approximate surface area is 115 Å². The standard InChI is InChI=1S/C16H24N2O/c1-12-4-6-14(7-5-12)13(2)18-15(19)10-16(11-17)8-3-9-16/h4-7,13H,3,8-11,17H2,1-2H3,(H,18,19)/t13-/m0/s1. The van der Waals surface area contributed by atoms with Crippen molar-refractivity contribution in [3.05, 3.63) is 35.4 Å². The fourth-order valence-electron chi connectivity index (χ4n) is 2.70. The summed E-state index contributed by atoms with van der Waals surface area (Å²) in [7, 11) is 0. The summed E-state index contributed by atoms with van der Waals surface area (Å²) in [5, 5.41) is 3.08.